The minimum absolute atomic E-state index is 0.339. The van der Waals surface area contributed by atoms with Gasteiger partial charge in [-0.15, -0.1) is 11.8 Å². The van der Waals surface area contributed by atoms with Crippen molar-refractivity contribution in [2.75, 3.05) is 14.2 Å². The average Bonchev–Trinajstić information content (AvgIpc) is 2.77. The van der Waals surface area contributed by atoms with Gasteiger partial charge in [-0.05, 0) is 23.3 Å². The van der Waals surface area contributed by atoms with Crippen LogP contribution in [-0.4, -0.2) is 26.1 Å². The molecule has 7 heteroatoms. The van der Waals surface area contributed by atoms with Crippen LogP contribution in [0.25, 0.3) is 0 Å². The van der Waals surface area contributed by atoms with Gasteiger partial charge in [-0.25, -0.2) is 0 Å². The van der Waals surface area contributed by atoms with Crippen LogP contribution < -0.4 is 10.1 Å². The number of methoxy groups -OCH3 is 2. The fourth-order valence-electron chi connectivity index (χ4n) is 3.22. The van der Waals surface area contributed by atoms with Crippen molar-refractivity contribution in [1.82, 2.24) is 5.32 Å². The van der Waals surface area contributed by atoms with Crippen LogP contribution in [0.5, 0.6) is 5.75 Å². The molecule has 148 valence electrons. The first-order chi connectivity index (χ1) is 14.1. The van der Waals surface area contributed by atoms with Crippen molar-refractivity contribution in [3.8, 4) is 11.8 Å². The molecule has 0 radical (unpaired) electrons. The van der Waals surface area contributed by atoms with Crippen molar-refractivity contribution in [3.05, 3.63) is 76.3 Å². The first-order valence-corrected chi connectivity index (χ1v) is 9.91. The van der Waals surface area contributed by atoms with E-state index in [1.807, 2.05) is 30.3 Å². The zero-order valence-corrected chi connectivity index (χ0v) is 16.9. The van der Waals surface area contributed by atoms with E-state index < -0.39 is 23.7 Å². The largest absolute Gasteiger partial charge is 0.497 e. The van der Waals surface area contributed by atoms with Crippen molar-refractivity contribution in [3.63, 3.8) is 0 Å². The van der Waals surface area contributed by atoms with Crippen LogP contribution in [0.4, 0.5) is 0 Å². The number of hydrogen-bond donors (Lipinski definition) is 1. The third kappa shape index (κ3) is 4.44. The molecule has 2 atom stereocenters. The number of allylic oxidation sites excluding steroid dienone is 1. The molecule has 29 heavy (non-hydrogen) atoms. The molecular weight excluding hydrogens is 388 g/mol. The van der Waals surface area contributed by atoms with Crippen LogP contribution in [-0.2, 0) is 20.1 Å². The lowest BCUT2D eigenvalue weighted by Gasteiger charge is -2.31. The predicted molar refractivity (Wildman–Crippen MR) is 110 cm³/mol. The molecule has 6 nitrogen and oxygen atoms in total. The number of thioether (sulfide) groups is 1. The van der Waals surface area contributed by atoms with E-state index in [9.17, 15) is 14.9 Å². The summed E-state index contributed by atoms with van der Waals surface area (Å²) in [7, 11) is 2.79. The van der Waals surface area contributed by atoms with Crippen LogP contribution >= 0.6 is 11.8 Å². The Morgan fingerprint density at radius 1 is 1.14 bits per heavy atom. The topological polar surface area (TPSA) is 88.4 Å². The molecular formula is C22H20N2O4S. The van der Waals surface area contributed by atoms with Gasteiger partial charge in [0.15, 0.2) is 0 Å². The third-order valence-corrected chi connectivity index (χ3v) is 5.77. The van der Waals surface area contributed by atoms with Crippen LogP contribution in [0, 0.1) is 17.2 Å². The predicted octanol–water partition coefficient (Wildman–Crippen LogP) is 3.37. The molecule has 0 bridgehead atoms. The Morgan fingerprint density at radius 3 is 2.41 bits per heavy atom. The van der Waals surface area contributed by atoms with Crippen molar-refractivity contribution < 1.29 is 19.1 Å². The number of benzene rings is 2. The van der Waals surface area contributed by atoms with E-state index in [1.54, 1.807) is 31.4 Å². The van der Waals surface area contributed by atoms with Gasteiger partial charge in [-0.2, -0.15) is 5.26 Å². The highest BCUT2D eigenvalue weighted by Gasteiger charge is 2.44. The number of hydrogen-bond acceptors (Lipinski definition) is 6. The smallest absolute Gasteiger partial charge is 0.319 e. The molecule has 0 saturated carbocycles. The quantitative estimate of drug-likeness (QED) is 0.582. The molecule has 1 N–H and O–H groups in total. The molecule has 1 aliphatic heterocycles. The Kier molecular flexibility index (Phi) is 6.57. The fourth-order valence-corrected chi connectivity index (χ4v) is 4.22. The fraction of sp³-hybridized carbons (Fsp3) is 0.227. The number of nitrogens with zero attached hydrogens (tertiary/aromatic N) is 1. The number of carbonyl (C=O) groups excluding carboxylic acids is 2. The molecule has 0 saturated heterocycles. The standard InChI is InChI=1S/C22H20N2O4S/c1-27-16-10-8-15(9-11-16)18-17(12-23)21(24-20(25)19(18)22(26)28-2)29-13-14-6-4-3-5-7-14/h3-11,18-19H,13H2,1-2H3,(H,24,25)/t18-,19+/m0/s1. The highest BCUT2D eigenvalue weighted by atomic mass is 32.2. The molecule has 1 aliphatic rings. The van der Waals surface area contributed by atoms with Crippen molar-refractivity contribution >= 4 is 23.6 Å². The van der Waals surface area contributed by atoms with Crippen molar-refractivity contribution in [2.45, 2.75) is 11.7 Å². The molecule has 2 aromatic carbocycles. The lowest BCUT2D eigenvalue weighted by molar-refractivity contribution is -0.150. The monoisotopic (exact) mass is 408 g/mol. The van der Waals surface area contributed by atoms with E-state index >= 15 is 0 Å². The number of amides is 1. The molecule has 0 unspecified atom stereocenters. The van der Waals surface area contributed by atoms with E-state index in [0.29, 0.717) is 27.7 Å². The Morgan fingerprint density at radius 2 is 1.83 bits per heavy atom. The third-order valence-electron chi connectivity index (χ3n) is 4.68. The number of nitriles is 1. The summed E-state index contributed by atoms with van der Waals surface area (Å²) in [6, 6.07) is 18.9. The maximum atomic E-state index is 12.8. The summed E-state index contributed by atoms with van der Waals surface area (Å²) in [6.45, 7) is 0. The Hall–Kier alpha value is -3.24. The highest BCUT2D eigenvalue weighted by molar-refractivity contribution is 8.02. The number of carbonyl (C=O) groups is 2. The summed E-state index contributed by atoms with van der Waals surface area (Å²) in [5.74, 6) is -1.80. The molecule has 0 fully saturated rings. The summed E-state index contributed by atoms with van der Waals surface area (Å²) in [4.78, 5) is 25.2. The van der Waals surface area contributed by atoms with Crippen molar-refractivity contribution in [2.24, 2.45) is 5.92 Å². The maximum absolute atomic E-state index is 12.8. The second-order valence-electron chi connectivity index (χ2n) is 6.37. The first kappa shape index (κ1) is 20.5. The Labute approximate surface area is 173 Å². The summed E-state index contributed by atoms with van der Waals surface area (Å²) in [6.07, 6.45) is 0. The van der Waals surface area contributed by atoms with E-state index in [1.165, 1.54) is 18.9 Å². The lowest BCUT2D eigenvalue weighted by Crippen LogP contribution is -2.44. The zero-order chi connectivity index (χ0) is 20.8. The SMILES string of the molecule is COC(=O)[C@H]1C(=O)NC(SCc2ccccc2)=C(C#N)[C@@H]1c1ccc(OC)cc1. The molecule has 0 aliphatic carbocycles. The van der Waals surface area contributed by atoms with Crippen LogP contribution in [0.1, 0.15) is 17.0 Å². The summed E-state index contributed by atoms with van der Waals surface area (Å²) < 4.78 is 10.0. The maximum Gasteiger partial charge on any atom is 0.319 e. The number of esters is 1. The second kappa shape index (κ2) is 9.30. The Bertz CT molecular complexity index is 965. The van der Waals surface area contributed by atoms with E-state index in [-0.39, 0.29) is 0 Å². The molecule has 1 heterocycles. The van der Waals surface area contributed by atoms with Gasteiger partial charge in [0.1, 0.15) is 11.7 Å². The lowest BCUT2D eigenvalue weighted by atomic mass is 9.78. The van der Waals surface area contributed by atoms with Gasteiger partial charge in [0.25, 0.3) is 0 Å². The van der Waals surface area contributed by atoms with Gasteiger partial charge in [0.05, 0.1) is 30.9 Å². The number of ether oxygens (including phenoxy) is 2. The zero-order valence-electron chi connectivity index (χ0n) is 16.0. The minimum Gasteiger partial charge on any atom is -0.497 e. The average molecular weight is 408 g/mol. The van der Waals surface area contributed by atoms with Gasteiger partial charge in [0, 0.05) is 11.7 Å². The molecule has 2 aromatic rings. The molecule has 1 amide bonds. The van der Waals surface area contributed by atoms with Gasteiger partial charge >= 0.3 is 5.97 Å². The second-order valence-corrected chi connectivity index (χ2v) is 7.36. The van der Waals surface area contributed by atoms with Gasteiger partial charge in [-0.1, -0.05) is 42.5 Å². The van der Waals surface area contributed by atoms with E-state index in [0.717, 1.165) is 5.56 Å². The van der Waals surface area contributed by atoms with Gasteiger partial charge < -0.3 is 14.8 Å². The van der Waals surface area contributed by atoms with Crippen LogP contribution in [0.3, 0.4) is 0 Å². The van der Waals surface area contributed by atoms with Crippen molar-refractivity contribution in [1.29, 1.82) is 5.26 Å². The van der Waals surface area contributed by atoms with Gasteiger partial charge in [0.2, 0.25) is 5.91 Å². The van der Waals surface area contributed by atoms with Gasteiger partial charge in [-0.3, -0.25) is 9.59 Å². The van der Waals surface area contributed by atoms with Crippen LogP contribution in [0.15, 0.2) is 65.2 Å². The summed E-state index contributed by atoms with van der Waals surface area (Å²) in [5, 5.41) is 13.1. The highest BCUT2D eigenvalue weighted by Crippen LogP contribution is 2.41. The summed E-state index contributed by atoms with van der Waals surface area (Å²) >= 11 is 1.36. The molecule has 0 aromatic heterocycles. The minimum atomic E-state index is -1.14. The number of rotatable bonds is 6. The normalized spacial score (nSPS) is 18.6. The Balaban J connectivity index is 2.02. The van der Waals surface area contributed by atoms with E-state index in [4.69, 9.17) is 9.47 Å². The van der Waals surface area contributed by atoms with Crippen LogP contribution in [0.2, 0.25) is 0 Å². The van der Waals surface area contributed by atoms with E-state index in [2.05, 4.69) is 11.4 Å². The molecule has 3 rings (SSSR count). The molecule has 0 spiro atoms. The summed E-state index contributed by atoms with van der Waals surface area (Å²) in [5.41, 5.74) is 2.07. The first-order valence-electron chi connectivity index (χ1n) is 8.92. The number of nitrogens with one attached hydrogen (secondary N) is 1.